The Morgan fingerprint density at radius 2 is 1.65 bits per heavy atom. The van der Waals surface area contributed by atoms with E-state index in [4.69, 9.17) is 42.0 Å². The first-order valence-electron chi connectivity index (χ1n) is 12.4. The topological polar surface area (TPSA) is 332 Å². The number of likely N-dealkylation sites (N-methyl/N-ethyl adjacent to an activating group) is 1. The molecule has 0 aromatic rings. The molecule has 0 spiro atoms. The van der Waals surface area contributed by atoms with Crippen molar-refractivity contribution in [3.63, 3.8) is 0 Å². The highest BCUT2D eigenvalue weighted by Gasteiger charge is 2.60. The molecule has 40 heavy (non-hydrogen) atoms. The van der Waals surface area contributed by atoms with Crippen molar-refractivity contribution in [1.82, 2.24) is 5.32 Å². The van der Waals surface area contributed by atoms with Crippen molar-refractivity contribution < 1.29 is 54.7 Å². The van der Waals surface area contributed by atoms with Gasteiger partial charge in [-0.05, 0) is 14.0 Å². The summed E-state index contributed by atoms with van der Waals surface area (Å²) < 4.78 is 23.4. The van der Waals surface area contributed by atoms with Crippen LogP contribution in [0.5, 0.6) is 0 Å². The Hall–Kier alpha value is -2.27. The first-order valence-corrected chi connectivity index (χ1v) is 12.4. The Bertz CT molecular complexity index is 929. The molecule has 2 aliphatic heterocycles. The summed E-state index contributed by atoms with van der Waals surface area (Å²) in [5.41, 5.74) is 14.3. The molecule has 15 atom stereocenters. The van der Waals surface area contributed by atoms with Crippen molar-refractivity contribution in [2.24, 2.45) is 38.1 Å². The van der Waals surface area contributed by atoms with E-state index in [0.29, 0.717) is 0 Å². The van der Waals surface area contributed by atoms with Gasteiger partial charge in [0.2, 0.25) is 0 Å². The van der Waals surface area contributed by atoms with Crippen LogP contribution >= 0.6 is 0 Å². The SMILES string of the molecule is CN[C@@H]1[C@H](O[C@H]2[C@@H](O[C@H]3[C@H](O)[C@@H](O)[C@H](N=CN)[C@H](O)[C@@H]3N=C(N)N)O[C@@H](C)[C@]2(O)/C=N/N)O[C@@H](CO)[C@H](O)[C@H]1O. The molecule has 0 amide bonds. The van der Waals surface area contributed by atoms with E-state index >= 15 is 0 Å². The highest BCUT2D eigenvalue weighted by Crippen LogP contribution is 2.38. The fourth-order valence-electron chi connectivity index (χ4n) is 5.17. The van der Waals surface area contributed by atoms with Gasteiger partial charge < -0.3 is 83.1 Å². The van der Waals surface area contributed by atoms with E-state index in [-0.39, 0.29) is 0 Å². The van der Waals surface area contributed by atoms with Gasteiger partial charge in [0.15, 0.2) is 24.1 Å². The predicted octanol–water partition coefficient (Wildman–Crippen LogP) is -7.70. The number of hydrogen-bond donors (Lipinski definition) is 12. The van der Waals surface area contributed by atoms with Crippen molar-refractivity contribution >= 4 is 18.5 Å². The second-order valence-corrected chi connectivity index (χ2v) is 9.80. The van der Waals surface area contributed by atoms with E-state index in [0.717, 1.165) is 12.6 Å². The lowest BCUT2D eigenvalue weighted by molar-refractivity contribution is -0.313. The van der Waals surface area contributed by atoms with Crippen LogP contribution in [0.25, 0.3) is 0 Å². The van der Waals surface area contributed by atoms with E-state index in [9.17, 15) is 35.7 Å². The van der Waals surface area contributed by atoms with Gasteiger partial charge >= 0.3 is 0 Å². The van der Waals surface area contributed by atoms with Gasteiger partial charge in [0.1, 0.15) is 60.9 Å². The molecule has 230 valence electrons. The highest BCUT2D eigenvalue weighted by atomic mass is 16.8. The summed E-state index contributed by atoms with van der Waals surface area (Å²) >= 11 is 0. The van der Waals surface area contributed by atoms with E-state index in [1.165, 1.54) is 14.0 Å². The standard InChI is InChI=1S/C21H40N8O11/c1-6-21(36,4-28-25)17(40-18-10(26-2)14(34)11(31)7(3-30)38-18)19(37-6)39-16-9(29-20(23)24)12(32)8(27-5-22)13(33)15(16)35/h4-19,26,30-36H,3,25H2,1-2H3,(H2,22,27)(H4,23,24,29)/b28-4+/t6-,7-,8+,9-,10-,11-,12-,13-,14-,15+,16+,17-,18-,19+,21+/m0/s1. The maximum absolute atomic E-state index is 11.5. The van der Waals surface area contributed by atoms with Gasteiger partial charge in [-0.25, -0.2) is 4.99 Å². The van der Waals surface area contributed by atoms with E-state index in [2.05, 4.69) is 20.4 Å². The molecule has 3 aliphatic rings. The number of hydrogen-bond acceptors (Lipinski definition) is 16. The Morgan fingerprint density at radius 3 is 2.20 bits per heavy atom. The molecule has 16 N–H and O–H groups in total. The largest absolute Gasteiger partial charge is 0.394 e. The second-order valence-electron chi connectivity index (χ2n) is 9.80. The summed E-state index contributed by atoms with van der Waals surface area (Å²) in [4.78, 5) is 7.73. The second kappa shape index (κ2) is 13.1. The Balaban J connectivity index is 1.98. The molecule has 1 aliphatic carbocycles. The third kappa shape index (κ3) is 6.00. The normalized spacial score (nSPS) is 48.1. The molecule has 3 fully saturated rings. The number of aliphatic imine (C=N–C) groups is 2. The number of aliphatic hydroxyl groups is 7. The lowest BCUT2D eigenvalue weighted by Gasteiger charge is -2.45. The zero-order chi connectivity index (χ0) is 29.9. The number of nitrogens with one attached hydrogen (secondary N) is 1. The molecule has 19 heteroatoms. The Labute approximate surface area is 229 Å². The van der Waals surface area contributed by atoms with Crippen molar-refractivity contribution in [2.75, 3.05) is 13.7 Å². The average Bonchev–Trinajstić information content (AvgIpc) is 3.13. The maximum Gasteiger partial charge on any atom is 0.188 e. The van der Waals surface area contributed by atoms with Crippen molar-refractivity contribution in [2.45, 2.75) is 98.2 Å². The maximum atomic E-state index is 11.5. The summed E-state index contributed by atoms with van der Waals surface area (Å²) in [5, 5.41) is 80.5. The molecular formula is C21H40N8O11. The number of rotatable bonds is 9. The minimum Gasteiger partial charge on any atom is -0.394 e. The van der Waals surface area contributed by atoms with Crippen LogP contribution in [-0.2, 0) is 18.9 Å². The van der Waals surface area contributed by atoms with E-state index in [1.807, 2.05) is 0 Å². The third-order valence-electron chi connectivity index (χ3n) is 7.39. The van der Waals surface area contributed by atoms with Crippen LogP contribution in [0.3, 0.4) is 0 Å². The van der Waals surface area contributed by atoms with Gasteiger partial charge in [-0.1, -0.05) is 0 Å². The molecule has 1 saturated carbocycles. The Kier molecular flexibility index (Phi) is 10.6. The quantitative estimate of drug-likeness (QED) is 0.0521. The van der Waals surface area contributed by atoms with Crippen LogP contribution in [0.15, 0.2) is 15.1 Å². The lowest BCUT2D eigenvalue weighted by Crippen LogP contribution is -2.66. The molecule has 19 nitrogen and oxygen atoms in total. The Morgan fingerprint density at radius 1 is 0.975 bits per heavy atom. The van der Waals surface area contributed by atoms with Gasteiger partial charge in [0, 0.05) is 0 Å². The third-order valence-corrected chi connectivity index (χ3v) is 7.39. The summed E-state index contributed by atoms with van der Waals surface area (Å²) in [5.74, 6) is 4.85. The summed E-state index contributed by atoms with van der Waals surface area (Å²) in [6.45, 7) is 0.769. The van der Waals surface area contributed by atoms with Gasteiger partial charge in [-0.15, -0.1) is 0 Å². The molecule has 2 heterocycles. The summed E-state index contributed by atoms with van der Waals surface area (Å²) in [7, 11) is 1.45. The zero-order valence-electron chi connectivity index (χ0n) is 21.9. The number of guanidine groups is 1. The number of aliphatic hydroxyl groups excluding tert-OH is 6. The minimum absolute atomic E-state index is 0.480. The van der Waals surface area contributed by atoms with Gasteiger partial charge in [-0.2, -0.15) is 5.10 Å². The summed E-state index contributed by atoms with van der Waals surface area (Å²) in [6, 6.07) is -3.79. The lowest BCUT2D eigenvalue weighted by atomic mass is 9.81. The van der Waals surface area contributed by atoms with Gasteiger partial charge in [-0.3, -0.25) is 4.99 Å². The molecule has 3 rings (SSSR count). The van der Waals surface area contributed by atoms with Crippen molar-refractivity contribution in [3.05, 3.63) is 0 Å². The van der Waals surface area contributed by atoms with Crippen LogP contribution < -0.4 is 28.4 Å². The number of nitrogens with two attached hydrogens (primary N) is 4. The number of nitrogens with zero attached hydrogens (tertiary/aromatic N) is 3. The first-order chi connectivity index (χ1) is 18.9. The molecular weight excluding hydrogens is 540 g/mol. The highest BCUT2D eigenvalue weighted by molar-refractivity contribution is 5.76. The van der Waals surface area contributed by atoms with Gasteiger partial charge in [0.05, 0.1) is 31.3 Å². The predicted molar refractivity (Wildman–Crippen MR) is 136 cm³/mol. The van der Waals surface area contributed by atoms with Gasteiger partial charge in [0.25, 0.3) is 0 Å². The van der Waals surface area contributed by atoms with Crippen LogP contribution in [-0.4, -0.2) is 159 Å². The summed E-state index contributed by atoms with van der Waals surface area (Å²) in [6.07, 6.45) is -14.7. The van der Waals surface area contributed by atoms with Crippen LogP contribution in [0.2, 0.25) is 0 Å². The monoisotopic (exact) mass is 580 g/mol. The molecule has 0 radical (unpaired) electrons. The van der Waals surface area contributed by atoms with Crippen molar-refractivity contribution in [3.8, 4) is 0 Å². The first kappa shape index (κ1) is 32.2. The average molecular weight is 581 g/mol. The molecule has 2 saturated heterocycles. The molecule has 0 aromatic heterocycles. The van der Waals surface area contributed by atoms with E-state index < -0.39 is 104 Å². The van der Waals surface area contributed by atoms with Crippen LogP contribution in [0, 0.1) is 0 Å². The smallest absolute Gasteiger partial charge is 0.188 e. The van der Waals surface area contributed by atoms with Crippen molar-refractivity contribution in [1.29, 1.82) is 0 Å². The zero-order valence-corrected chi connectivity index (χ0v) is 21.9. The number of hydrazone groups is 1. The van der Waals surface area contributed by atoms with Crippen LogP contribution in [0.4, 0.5) is 0 Å². The molecule has 0 bridgehead atoms. The molecule has 0 aromatic carbocycles. The number of ether oxygens (including phenoxy) is 4. The fourth-order valence-corrected chi connectivity index (χ4v) is 5.17. The molecule has 0 unspecified atom stereocenters. The van der Waals surface area contributed by atoms with E-state index in [1.54, 1.807) is 0 Å². The van der Waals surface area contributed by atoms with Crippen LogP contribution in [0.1, 0.15) is 6.92 Å². The fraction of sp³-hybridized carbons (Fsp3) is 0.857. The minimum atomic E-state index is -2.09.